The minimum absolute atomic E-state index is 0.0755. The van der Waals surface area contributed by atoms with Gasteiger partial charge in [-0.1, -0.05) is 38.5 Å². The zero-order chi connectivity index (χ0) is 83.4. The third kappa shape index (κ3) is 43.3. The van der Waals surface area contributed by atoms with E-state index in [0.29, 0.717) is 70.6 Å². The van der Waals surface area contributed by atoms with Gasteiger partial charge in [-0.25, -0.2) is 0 Å². The van der Waals surface area contributed by atoms with Crippen LogP contribution < -0.4 is 53.2 Å². The highest BCUT2D eigenvalue weighted by Gasteiger charge is 2.48. The summed E-state index contributed by atoms with van der Waals surface area (Å²) in [5.41, 5.74) is -1.42. The Balaban J connectivity index is 1.55. The van der Waals surface area contributed by atoms with Gasteiger partial charge in [0.2, 0.25) is 59.1 Å². The number of carboxylic acid groups (broad SMARTS) is 1. The minimum Gasteiger partial charge on any atom is -0.481 e. The van der Waals surface area contributed by atoms with Crippen molar-refractivity contribution in [3.05, 3.63) is 0 Å². The lowest BCUT2D eigenvalue weighted by Crippen LogP contribution is -2.64. The molecule has 0 radical (unpaired) electrons. The first kappa shape index (κ1) is 101. The van der Waals surface area contributed by atoms with E-state index >= 15 is 0 Å². The van der Waals surface area contributed by atoms with Crippen LogP contribution in [0.15, 0.2) is 0 Å². The molecule has 40 heteroatoms. The number of nitrogens with one attached hydrogen (secondary N) is 10. The molecule has 0 aliphatic carbocycles. The first-order chi connectivity index (χ1) is 54.1. The Morgan fingerprint density at radius 1 is 0.310 bits per heavy atom. The molecule has 0 saturated carbocycles. The molecule has 3 fully saturated rings. The van der Waals surface area contributed by atoms with Crippen LogP contribution in [0.5, 0.6) is 0 Å². The summed E-state index contributed by atoms with van der Waals surface area (Å²) in [5.74, 6) is -4.58. The molecule has 3 saturated heterocycles. The molecular formula is C73H130N10O30. The Bertz CT molecular complexity index is 2530. The largest absolute Gasteiger partial charge is 0.481 e. The maximum absolute atomic E-state index is 13.9. The van der Waals surface area contributed by atoms with Crippen LogP contribution in [-0.4, -0.2) is 332 Å². The number of rotatable bonds is 63. The molecule has 15 atom stereocenters. The van der Waals surface area contributed by atoms with E-state index in [2.05, 4.69) is 53.2 Å². The molecule has 652 valence electrons. The highest BCUT2D eigenvalue weighted by Crippen LogP contribution is 2.26. The fraction of sp³-hybridized carbons (Fsp3) is 0.849. The van der Waals surface area contributed by atoms with Crippen molar-refractivity contribution < 1.29 is 146 Å². The molecule has 3 aliphatic heterocycles. The maximum Gasteiger partial charge on any atom is 0.303 e. The molecule has 113 heavy (non-hydrogen) atoms. The van der Waals surface area contributed by atoms with E-state index in [9.17, 15) is 98.7 Å². The lowest BCUT2D eigenvalue weighted by molar-refractivity contribution is -0.270. The smallest absolute Gasteiger partial charge is 0.303 e. The molecule has 0 aromatic heterocycles. The van der Waals surface area contributed by atoms with Crippen LogP contribution in [0.4, 0.5) is 0 Å². The fourth-order valence-corrected chi connectivity index (χ4v) is 12.3. The van der Waals surface area contributed by atoms with Gasteiger partial charge in [-0.2, -0.15) is 0 Å². The summed E-state index contributed by atoms with van der Waals surface area (Å²) < 4.78 is 52.0. The van der Waals surface area contributed by atoms with Gasteiger partial charge in [0, 0.05) is 131 Å². The normalized spacial score (nSPS) is 24.0. The van der Waals surface area contributed by atoms with Gasteiger partial charge in [-0.05, 0) is 70.6 Å². The van der Waals surface area contributed by atoms with E-state index in [1.165, 1.54) is 20.8 Å². The molecule has 6 unspecified atom stereocenters. The predicted octanol–water partition coefficient (Wildman–Crippen LogP) is -4.69. The van der Waals surface area contributed by atoms with Crippen molar-refractivity contribution in [3.63, 3.8) is 0 Å². The van der Waals surface area contributed by atoms with Crippen molar-refractivity contribution in [1.29, 1.82) is 0 Å². The lowest BCUT2D eigenvalue weighted by Gasteiger charge is -2.42. The monoisotopic (exact) mass is 1630 g/mol. The number of hydrogen-bond donors (Lipinski definition) is 20. The van der Waals surface area contributed by atoms with Crippen LogP contribution in [-0.2, 0) is 95.4 Å². The van der Waals surface area contributed by atoms with Gasteiger partial charge in [0.05, 0.1) is 59.5 Å². The summed E-state index contributed by atoms with van der Waals surface area (Å²) in [6.07, 6.45) is -5.59. The van der Waals surface area contributed by atoms with E-state index < -0.39 is 141 Å². The highest BCUT2D eigenvalue weighted by molar-refractivity contribution is 5.79. The van der Waals surface area contributed by atoms with Gasteiger partial charge >= 0.3 is 5.97 Å². The molecule has 0 spiro atoms. The number of ether oxygens (including phenoxy) is 9. The summed E-state index contributed by atoms with van der Waals surface area (Å²) in [6, 6.07) is -3.29. The Hall–Kier alpha value is -6.55. The molecule has 3 aliphatic rings. The van der Waals surface area contributed by atoms with Crippen LogP contribution in [0, 0.1) is 0 Å². The molecule has 3 rings (SSSR count). The van der Waals surface area contributed by atoms with Crippen molar-refractivity contribution >= 4 is 65.0 Å². The Morgan fingerprint density at radius 3 is 0.823 bits per heavy atom. The van der Waals surface area contributed by atoms with Gasteiger partial charge in [0.1, 0.15) is 78.6 Å². The van der Waals surface area contributed by atoms with Crippen LogP contribution in [0.1, 0.15) is 181 Å². The summed E-state index contributed by atoms with van der Waals surface area (Å²) in [7, 11) is 0. The Morgan fingerprint density at radius 2 is 0.558 bits per heavy atom. The zero-order valence-electron chi connectivity index (χ0n) is 65.7. The molecule has 10 amide bonds. The second-order valence-electron chi connectivity index (χ2n) is 28.4. The minimum atomic E-state index is -1.46. The zero-order valence-corrected chi connectivity index (χ0v) is 65.7. The number of carboxylic acids is 1. The van der Waals surface area contributed by atoms with Crippen LogP contribution in [0.2, 0.25) is 0 Å². The van der Waals surface area contributed by atoms with Gasteiger partial charge in [-0.3, -0.25) is 52.7 Å². The molecule has 20 N–H and O–H groups in total. The van der Waals surface area contributed by atoms with Crippen molar-refractivity contribution in [2.24, 2.45) is 0 Å². The van der Waals surface area contributed by atoms with Crippen LogP contribution in [0.25, 0.3) is 0 Å². The van der Waals surface area contributed by atoms with Crippen molar-refractivity contribution in [1.82, 2.24) is 53.2 Å². The van der Waals surface area contributed by atoms with Gasteiger partial charge < -0.3 is 147 Å². The first-order valence-corrected chi connectivity index (χ1v) is 39.5. The fourth-order valence-electron chi connectivity index (χ4n) is 12.3. The second kappa shape index (κ2) is 59.2. The Kier molecular flexibility index (Phi) is 52.7. The highest BCUT2D eigenvalue weighted by atomic mass is 16.7. The summed E-state index contributed by atoms with van der Waals surface area (Å²) in [4.78, 5) is 137. The van der Waals surface area contributed by atoms with E-state index in [1.807, 2.05) is 0 Å². The molecule has 40 nitrogen and oxygen atoms in total. The predicted molar refractivity (Wildman–Crippen MR) is 398 cm³/mol. The Labute approximate surface area is 659 Å². The average molecular weight is 1630 g/mol. The standard InChI is InChI=1S/C73H130N10O30/c1-47(87)80-61-67(102)64(99)50(41-84)111-70(61)108-35-15-12-21-53(90)74-29-18-32-77-56(93)26-38-105-44-73(83-59(96)24-10-8-6-4-5-7-9-11-25-60(97)98,45-106-39-27-57(94)78-33-19-30-75-54(91)22-13-16-36-109-71-62(81-48(2)88)68(103)65(100)51(42-85)112-71)46-107-40-28-58(95)79-34-20-31-76-55(92)23-14-17-37-110-72-63(82-49(3)89)69(104)66(101)52(43-86)113-72/h50-52,61-72,84-86,99-104H,4-46H2,1-3H3,(H,74,90)(H,75,91)(H,76,92)(H,77,93)(H,78,94)(H,79,95)(H,80,87)(H,81,88)(H,82,89)(H,83,96)(H,97,98)/t50?,51?,52?,61-,62-,63-,64+,65+,66+,67?,68?,69?,70+,71+,72+,73?/m0/s1. The third-order valence-corrected chi connectivity index (χ3v) is 18.5. The topological polar surface area (TPSA) is 593 Å². The van der Waals surface area contributed by atoms with Gasteiger partial charge in [-0.15, -0.1) is 0 Å². The quantitative estimate of drug-likeness (QED) is 0.0255. The molecular weight excluding hydrogens is 1500 g/mol. The third-order valence-electron chi connectivity index (χ3n) is 18.5. The first-order valence-electron chi connectivity index (χ1n) is 39.5. The lowest BCUT2D eigenvalue weighted by atomic mass is 9.97. The summed E-state index contributed by atoms with van der Waals surface area (Å²) in [5, 5.41) is 127. The number of aliphatic hydroxyl groups excluding tert-OH is 9. The number of aliphatic hydroxyl groups is 9. The molecule has 3 heterocycles. The molecule has 0 aromatic rings. The molecule has 0 bridgehead atoms. The number of aliphatic carboxylic acids is 1. The second-order valence-corrected chi connectivity index (χ2v) is 28.4. The average Bonchev–Trinajstić information content (AvgIpc) is 0.821. The van der Waals surface area contributed by atoms with E-state index in [0.717, 1.165) is 38.5 Å². The summed E-state index contributed by atoms with van der Waals surface area (Å²) in [6.45, 7) is 2.33. The number of hydrogen-bond acceptors (Lipinski definition) is 29. The van der Waals surface area contributed by atoms with Crippen molar-refractivity contribution in [3.8, 4) is 0 Å². The number of carbonyl (C=O) groups excluding carboxylic acids is 10. The van der Waals surface area contributed by atoms with Gasteiger partial charge in [0.25, 0.3) is 0 Å². The van der Waals surface area contributed by atoms with E-state index in [-0.39, 0.29) is 191 Å². The number of amides is 10. The van der Waals surface area contributed by atoms with E-state index in [4.69, 9.17) is 47.7 Å². The van der Waals surface area contributed by atoms with Crippen LogP contribution in [0.3, 0.4) is 0 Å². The van der Waals surface area contributed by atoms with E-state index in [1.54, 1.807) is 0 Å². The number of carbonyl (C=O) groups is 11. The number of unbranched alkanes of at least 4 members (excludes halogenated alkanes) is 10. The maximum atomic E-state index is 13.9. The summed E-state index contributed by atoms with van der Waals surface area (Å²) >= 11 is 0. The van der Waals surface area contributed by atoms with Crippen LogP contribution >= 0.6 is 0 Å². The van der Waals surface area contributed by atoms with Gasteiger partial charge in [0.15, 0.2) is 18.9 Å². The van der Waals surface area contributed by atoms with Crippen molar-refractivity contribution in [2.45, 2.75) is 279 Å². The van der Waals surface area contributed by atoms with Crippen molar-refractivity contribution in [2.75, 3.05) is 119 Å². The molecule has 0 aromatic carbocycles. The SMILES string of the molecule is CC(=O)N[C@H]1C(O)[C@H](O)C(CO)O[C@H]1OCCCCC(=O)NCCCNC(=O)CCOCC(COCCC(=O)NCCCNC(=O)CCCCO[C@@H]1OC(CO)[C@@H](O)C(O)[C@@H]1NC(C)=O)(COCCC(=O)NCCCNC(=O)CCCCO[C@@H]1OC(CO)[C@@H](O)C(O)[C@@H]1NC(C)=O)NC(=O)CCCCCCCCCCC(=O)O.